The molecule has 0 fully saturated rings. The lowest BCUT2D eigenvalue weighted by atomic mass is 10.0. The first kappa shape index (κ1) is 13.5. The molecule has 3 rings (SSSR count). The van der Waals surface area contributed by atoms with Crippen LogP contribution in [0.3, 0.4) is 0 Å². The van der Waals surface area contributed by atoms with Gasteiger partial charge in [0.2, 0.25) is 0 Å². The van der Waals surface area contributed by atoms with Crippen molar-refractivity contribution in [2.75, 3.05) is 13.2 Å². The molecule has 0 saturated heterocycles. The van der Waals surface area contributed by atoms with Crippen LogP contribution in [0.25, 0.3) is 0 Å². The number of carbonyl (C=O) groups is 1. The summed E-state index contributed by atoms with van der Waals surface area (Å²) in [5.41, 5.74) is 1.13. The van der Waals surface area contributed by atoms with Crippen LogP contribution in [0.4, 0.5) is 4.79 Å². The third kappa shape index (κ3) is 3.56. The van der Waals surface area contributed by atoms with E-state index in [9.17, 15) is 4.79 Å². The smallest absolute Gasteiger partial charge is 0.315 e. The van der Waals surface area contributed by atoms with Gasteiger partial charge in [-0.1, -0.05) is 18.2 Å². The van der Waals surface area contributed by atoms with Crippen molar-refractivity contribution in [2.45, 2.75) is 18.9 Å². The number of benzene rings is 1. The summed E-state index contributed by atoms with van der Waals surface area (Å²) in [6.07, 6.45) is 3.11. The maximum atomic E-state index is 11.8. The van der Waals surface area contributed by atoms with E-state index in [0.717, 1.165) is 23.5 Å². The molecule has 5 heteroatoms. The molecule has 1 aromatic carbocycles. The molecule has 2 amide bonds. The van der Waals surface area contributed by atoms with E-state index in [-0.39, 0.29) is 12.1 Å². The summed E-state index contributed by atoms with van der Waals surface area (Å²) in [5.74, 6) is 1.78. The van der Waals surface area contributed by atoms with Crippen LogP contribution in [0, 0.1) is 0 Å². The van der Waals surface area contributed by atoms with Crippen LogP contribution in [0.5, 0.6) is 5.75 Å². The summed E-state index contributed by atoms with van der Waals surface area (Å²) >= 11 is 0. The molecule has 0 unspecified atom stereocenters. The number of fused-ring (bicyclic) bond motifs is 1. The Labute approximate surface area is 123 Å². The molecule has 1 aromatic heterocycles. The number of urea groups is 1. The van der Waals surface area contributed by atoms with Gasteiger partial charge in [-0.3, -0.25) is 0 Å². The number of nitrogens with one attached hydrogen (secondary N) is 2. The monoisotopic (exact) mass is 286 g/mol. The molecule has 5 nitrogen and oxygen atoms in total. The number of furan rings is 1. The zero-order chi connectivity index (χ0) is 14.5. The molecule has 1 aliphatic heterocycles. The van der Waals surface area contributed by atoms with Gasteiger partial charge in [0.05, 0.1) is 12.3 Å². The Morgan fingerprint density at radius 2 is 2.14 bits per heavy atom. The summed E-state index contributed by atoms with van der Waals surface area (Å²) in [7, 11) is 0. The average Bonchev–Trinajstić information content (AvgIpc) is 3.00. The third-order valence-electron chi connectivity index (χ3n) is 3.45. The summed E-state index contributed by atoms with van der Waals surface area (Å²) in [5, 5.41) is 5.76. The highest BCUT2D eigenvalue weighted by Crippen LogP contribution is 2.23. The molecule has 1 atom stereocenters. The lowest BCUT2D eigenvalue weighted by molar-refractivity contribution is 0.214. The maximum Gasteiger partial charge on any atom is 0.315 e. The highest BCUT2D eigenvalue weighted by atomic mass is 16.5. The first-order valence-corrected chi connectivity index (χ1v) is 7.09. The van der Waals surface area contributed by atoms with Gasteiger partial charge >= 0.3 is 6.03 Å². The van der Waals surface area contributed by atoms with Crippen LogP contribution < -0.4 is 15.4 Å². The SMILES string of the molecule is O=C(NCCc1ccco1)N[C@H]1COc2ccccc2C1. The largest absolute Gasteiger partial charge is 0.491 e. The van der Waals surface area contributed by atoms with Gasteiger partial charge in [0, 0.05) is 13.0 Å². The normalized spacial score (nSPS) is 16.7. The zero-order valence-corrected chi connectivity index (χ0v) is 11.7. The number of para-hydroxylation sites is 1. The Morgan fingerprint density at radius 1 is 1.24 bits per heavy atom. The zero-order valence-electron chi connectivity index (χ0n) is 11.7. The lowest BCUT2D eigenvalue weighted by Crippen LogP contribution is -2.47. The Bertz CT molecular complexity index is 595. The highest BCUT2D eigenvalue weighted by Gasteiger charge is 2.20. The number of amides is 2. The molecule has 0 bridgehead atoms. The van der Waals surface area contributed by atoms with Crippen molar-refractivity contribution in [2.24, 2.45) is 0 Å². The maximum absolute atomic E-state index is 11.8. The van der Waals surface area contributed by atoms with E-state index in [4.69, 9.17) is 9.15 Å². The van der Waals surface area contributed by atoms with E-state index in [2.05, 4.69) is 10.6 Å². The van der Waals surface area contributed by atoms with E-state index >= 15 is 0 Å². The number of rotatable bonds is 4. The molecule has 0 saturated carbocycles. The topological polar surface area (TPSA) is 63.5 Å². The first-order valence-electron chi connectivity index (χ1n) is 7.09. The van der Waals surface area contributed by atoms with Crippen LogP contribution in [0.15, 0.2) is 47.1 Å². The van der Waals surface area contributed by atoms with Gasteiger partial charge in [0.15, 0.2) is 0 Å². The van der Waals surface area contributed by atoms with E-state index in [1.807, 2.05) is 36.4 Å². The van der Waals surface area contributed by atoms with Crippen molar-refractivity contribution in [3.63, 3.8) is 0 Å². The highest BCUT2D eigenvalue weighted by molar-refractivity contribution is 5.74. The predicted molar refractivity (Wildman–Crippen MR) is 78.4 cm³/mol. The molecule has 2 N–H and O–H groups in total. The van der Waals surface area contributed by atoms with Crippen molar-refractivity contribution >= 4 is 6.03 Å². The molecule has 2 aromatic rings. The van der Waals surface area contributed by atoms with Crippen molar-refractivity contribution in [3.8, 4) is 5.75 Å². The quantitative estimate of drug-likeness (QED) is 0.905. The second-order valence-electron chi connectivity index (χ2n) is 5.05. The molecule has 1 aliphatic rings. The molecular formula is C16H18N2O3. The molecule has 2 heterocycles. The first-order chi connectivity index (χ1) is 10.3. The lowest BCUT2D eigenvalue weighted by Gasteiger charge is -2.26. The van der Waals surface area contributed by atoms with Gasteiger partial charge in [-0.2, -0.15) is 0 Å². The molecule has 0 aliphatic carbocycles. The van der Waals surface area contributed by atoms with E-state index < -0.39 is 0 Å². The van der Waals surface area contributed by atoms with Crippen LogP contribution in [0.1, 0.15) is 11.3 Å². The fourth-order valence-electron chi connectivity index (χ4n) is 2.41. The fraction of sp³-hybridized carbons (Fsp3) is 0.312. The Kier molecular flexibility index (Phi) is 4.09. The van der Waals surface area contributed by atoms with Crippen molar-refractivity contribution < 1.29 is 13.9 Å². The van der Waals surface area contributed by atoms with Crippen LogP contribution in [-0.2, 0) is 12.8 Å². The van der Waals surface area contributed by atoms with Gasteiger partial charge < -0.3 is 19.8 Å². The Hall–Kier alpha value is -2.43. The minimum absolute atomic E-state index is 0.00325. The van der Waals surface area contributed by atoms with Crippen LogP contribution in [-0.4, -0.2) is 25.2 Å². The molecule has 0 radical (unpaired) electrons. The van der Waals surface area contributed by atoms with Gasteiger partial charge in [-0.05, 0) is 30.2 Å². The van der Waals surface area contributed by atoms with E-state index in [0.29, 0.717) is 19.6 Å². The van der Waals surface area contributed by atoms with E-state index in [1.54, 1.807) is 6.26 Å². The summed E-state index contributed by atoms with van der Waals surface area (Å²) in [4.78, 5) is 11.8. The average molecular weight is 286 g/mol. The van der Waals surface area contributed by atoms with Crippen molar-refractivity contribution in [1.82, 2.24) is 10.6 Å². The third-order valence-corrected chi connectivity index (χ3v) is 3.45. The van der Waals surface area contributed by atoms with Crippen molar-refractivity contribution in [3.05, 3.63) is 54.0 Å². The van der Waals surface area contributed by atoms with Gasteiger partial charge in [0.25, 0.3) is 0 Å². The fourth-order valence-corrected chi connectivity index (χ4v) is 2.41. The van der Waals surface area contributed by atoms with Gasteiger partial charge in [0.1, 0.15) is 18.1 Å². The summed E-state index contributed by atoms with van der Waals surface area (Å²) in [6.45, 7) is 1.05. The summed E-state index contributed by atoms with van der Waals surface area (Å²) in [6, 6.07) is 11.5. The Balaban J connectivity index is 1.43. The number of hydrogen-bond acceptors (Lipinski definition) is 3. The van der Waals surface area contributed by atoms with Gasteiger partial charge in [-0.25, -0.2) is 4.79 Å². The molecule has 21 heavy (non-hydrogen) atoms. The standard InChI is InChI=1S/C16H18N2O3/c19-16(17-8-7-14-5-3-9-20-14)18-13-10-12-4-1-2-6-15(12)21-11-13/h1-6,9,13H,7-8,10-11H2,(H2,17,18,19)/t13-/m1/s1. The minimum Gasteiger partial charge on any atom is -0.491 e. The Morgan fingerprint density at radius 3 is 3.00 bits per heavy atom. The number of ether oxygens (including phenoxy) is 1. The van der Waals surface area contributed by atoms with Gasteiger partial charge in [-0.15, -0.1) is 0 Å². The van der Waals surface area contributed by atoms with Crippen molar-refractivity contribution in [1.29, 1.82) is 0 Å². The molecular weight excluding hydrogens is 268 g/mol. The number of carbonyl (C=O) groups excluding carboxylic acids is 1. The number of hydrogen-bond donors (Lipinski definition) is 2. The molecule has 110 valence electrons. The van der Waals surface area contributed by atoms with Crippen LogP contribution >= 0.6 is 0 Å². The predicted octanol–water partition coefficient (Wildman–Crippen LogP) is 2.12. The van der Waals surface area contributed by atoms with Crippen LogP contribution in [0.2, 0.25) is 0 Å². The van der Waals surface area contributed by atoms with E-state index in [1.165, 1.54) is 0 Å². The summed E-state index contributed by atoms with van der Waals surface area (Å²) < 4.78 is 10.9. The second kappa shape index (κ2) is 6.35. The molecule has 0 spiro atoms. The second-order valence-corrected chi connectivity index (χ2v) is 5.05. The minimum atomic E-state index is -0.172.